The molecule has 0 aromatic rings. The molecule has 0 heterocycles. The molecule has 0 amide bonds. The average Bonchev–Trinajstić information content (AvgIpc) is 3.15. The molecule has 0 aromatic carbocycles. The Labute approximate surface area is 208 Å². The number of hydrogen-bond donors (Lipinski definition) is 1. The van der Waals surface area contributed by atoms with Gasteiger partial charge in [0.15, 0.2) is 0 Å². The van der Waals surface area contributed by atoms with Gasteiger partial charge in [-0.3, -0.25) is 4.79 Å². The van der Waals surface area contributed by atoms with Crippen LogP contribution in [-0.4, -0.2) is 24.3 Å². The predicted molar refractivity (Wildman–Crippen MR) is 141 cm³/mol. The molecule has 0 aromatic heterocycles. The fourth-order valence-corrected chi connectivity index (χ4v) is 7.22. The zero-order valence-electron chi connectivity index (χ0n) is 22.7. The van der Waals surface area contributed by atoms with Crippen molar-refractivity contribution in [3.8, 4) is 0 Å². The van der Waals surface area contributed by atoms with E-state index in [0.717, 1.165) is 12.3 Å². The van der Waals surface area contributed by atoms with Crippen molar-refractivity contribution in [3.05, 3.63) is 47.6 Å². The summed E-state index contributed by atoms with van der Waals surface area (Å²) in [5.41, 5.74) is 3.77. The highest BCUT2D eigenvalue weighted by atomic mass is 16.5. The minimum atomic E-state index is -0.945. The Bertz CT molecular complexity index is 860. The molecule has 3 unspecified atom stereocenters. The number of aliphatic hydroxyl groups is 1. The normalized spacial score (nSPS) is 36.6. The summed E-state index contributed by atoms with van der Waals surface area (Å²) in [7, 11) is 1.37. The van der Waals surface area contributed by atoms with Crippen LogP contribution < -0.4 is 0 Å². The van der Waals surface area contributed by atoms with E-state index >= 15 is 0 Å². The lowest BCUT2D eigenvalue weighted by Gasteiger charge is -2.44. The Morgan fingerprint density at radius 3 is 2.62 bits per heavy atom. The highest BCUT2D eigenvalue weighted by molar-refractivity contribution is 5.76. The van der Waals surface area contributed by atoms with Gasteiger partial charge >= 0.3 is 5.97 Å². The van der Waals surface area contributed by atoms with Gasteiger partial charge in [-0.05, 0) is 105 Å². The molecule has 34 heavy (non-hydrogen) atoms. The van der Waals surface area contributed by atoms with E-state index in [0.29, 0.717) is 29.1 Å². The first-order valence-corrected chi connectivity index (χ1v) is 13.4. The van der Waals surface area contributed by atoms with Gasteiger partial charge in [-0.25, -0.2) is 0 Å². The van der Waals surface area contributed by atoms with Crippen LogP contribution in [0.5, 0.6) is 0 Å². The molecule has 3 saturated carbocycles. The van der Waals surface area contributed by atoms with E-state index in [9.17, 15) is 9.90 Å². The number of esters is 1. The van der Waals surface area contributed by atoms with Gasteiger partial charge in [0.1, 0.15) is 0 Å². The highest BCUT2D eigenvalue weighted by Gasteiger charge is 2.50. The van der Waals surface area contributed by atoms with Crippen LogP contribution in [0.3, 0.4) is 0 Å². The zero-order chi connectivity index (χ0) is 25.3. The average molecular weight is 469 g/mol. The number of hydrogen-bond acceptors (Lipinski definition) is 3. The summed E-state index contributed by atoms with van der Waals surface area (Å²) in [6.07, 6.45) is 16.6. The van der Waals surface area contributed by atoms with Gasteiger partial charge in [0.05, 0.1) is 18.6 Å². The first-order chi connectivity index (χ1) is 15.9. The molecule has 0 spiro atoms. The Morgan fingerprint density at radius 1 is 1.24 bits per heavy atom. The number of carbonyl (C=O) groups is 1. The molecule has 0 aliphatic heterocycles. The second-order valence-corrected chi connectivity index (χ2v) is 12.4. The monoisotopic (exact) mass is 468 g/mol. The molecule has 190 valence electrons. The molecule has 0 bridgehead atoms. The van der Waals surface area contributed by atoms with Crippen LogP contribution in [-0.2, 0) is 9.53 Å². The van der Waals surface area contributed by atoms with Crippen LogP contribution in [0.25, 0.3) is 0 Å². The molecule has 0 radical (unpaired) electrons. The van der Waals surface area contributed by atoms with E-state index in [1.54, 1.807) is 19.4 Å². The highest BCUT2D eigenvalue weighted by Crippen LogP contribution is 2.59. The van der Waals surface area contributed by atoms with E-state index in [2.05, 4.69) is 52.5 Å². The third-order valence-corrected chi connectivity index (χ3v) is 9.55. The fraction of sp³-hybridized carbons (Fsp3) is 0.710. The molecule has 3 nitrogen and oxygen atoms in total. The molecule has 3 aliphatic rings. The molecule has 3 rings (SSSR count). The fourth-order valence-electron chi connectivity index (χ4n) is 7.22. The summed E-state index contributed by atoms with van der Waals surface area (Å²) < 4.78 is 4.88. The van der Waals surface area contributed by atoms with Crippen molar-refractivity contribution >= 4 is 5.97 Å². The van der Waals surface area contributed by atoms with Crippen LogP contribution in [0.2, 0.25) is 0 Å². The summed E-state index contributed by atoms with van der Waals surface area (Å²) >= 11 is 0. The molecule has 3 fully saturated rings. The van der Waals surface area contributed by atoms with Gasteiger partial charge in [-0.1, -0.05) is 64.2 Å². The topological polar surface area (TPSA) is 46.5 Å². The largest absolute Gasteiger partial charge is 0.469 e. The summed E-state index contributed by atoms with van der Waals surface area (Å²) in [4.78, 5) is 12.1. The second-order valence-electron chi connectivity index (χ2n) is 12.4. The lowest BCUT2D eigenvalue weighted by atomic mass is 9.61. The smallest absolute Gasteiger partial charge is 0.314 e. The van der Waals surface area contributed by atoms with Gasteiger partial charge in [-0.15, -0.1) is 0 Å². The summed E-state index contributed by atoms with van der Waals surface area (Å²) in [6.45, 7) is 17.3. The minimum Gasteiger partial charge on any atom is -0.469 e. The zero-order valence-corrected chi connectivity index (χ0v) is 22.7. The van der Waals surface area contributed by atoms with E-state index in [4.69, 9.17) is 4.74 Å². The number of methoxy groups -OCH3 is 1. The van der Waals surface area contributed by atoms with E-state index in [-0.39, 0.29) is 5.97 Å². The minimum absolute atomic E-state index is 0.291. The predicted octanol–water partition coefficient (Wildman–Crippen LogP) is 7.43. The van der Waals surface area contributed by atoms with Crippen LogP contribution in [0.1, 0.15) is 86.5 Å². The third-order valence-electron chi connectivity index (χ3n) is 9.55. The van der Waals surface area contributed by atoms with Crippen LogP contribution in [0.15, 0.2) is 47.6 Å². The van der Waals surface area contributed by atoms with Crippen molar-refractivity contribution in [2.75, 3.05) is 7.11 Å². The Hall–Kier alpha value is -1.61. The maximum atomic E-state index is 12.1. The van der Waals surface area contributed by atoms with E-state index < -0.39 is 11.5 Å². The number of carbonyl (C=O) groups excluding carboxylic acids is 1. The van der Waals surface area contributed by atoms with Crippen molar-refractivity contribution in [2.24, 2.45) is 40.4 Å². The lowest BCUT2D eigenvalue weighted by Crippen LogP contribution is -2.37. The summed E-state index contributed by atoms with van der Waals surface area (Å²) in [6, 6.07) is 0. The van der Waals surface area contributed by atoms with Gasteiger partial charge in [0.2, 0.25) is 0 Å². The van der Waals surface area contributed by atoms with Crippen LogP contribution >= 0.6 is 0 Å². The third kappa shape index (κ3) is 5.30. The lowest BCUT2D eigenvalue weighted by molar-refractivity contribution is -0.155. The molecule has 3 aliphatic carbocycles. The van der Waals surface area contributed by atoms with Crippen molar-refractivity contribution in [1.29, 1.82) is 0 Å². The summed E-state index contributed by atoms with van der Waals surface area (Å²) in [5, 5.41) is 10.7. The van der Waals surface area contributed by atoms with Gasteiger partial charge in [0, 0.05) is 0 Å². The molecule has 0 saturated heterocycles. The first kappa shape index (κ1) is 27.0. The number of fused-ring (bicyclic) bond motifs is 1. The van der Waals surface area contributed by atoms with Crippen LogP contribution in [0, 0.1) is 40.4 Å². The molecular formula is C31H48O3. The van der Waals surface area contributed by atoms with Crippen molar-refractivity contribution in [1.82, 2.24) is 0 Å². The Morgan fingerprint density at radius 2 is 1.94 bits per heavy atom. The summed E-state index contributed by atoms with van der Waals surface area (Å²) in [5.74, 6) is 2.53. The van der Waals surface area contributed by atoms with Gasteiger partial charge in [-0.2, -0.15) is 0 Å². The SMILES string of the molecule is C=C1/C(=C\C=C2/CCC[C@@]3(C)C2CCC3[C@H](C)/C=C/C(O)C(C)(C)C(=O)OC)C[C@@H](C)C[C@@H]1C. The van der Waals surface area contributed by atoms with E-state index in [1.165, 1.54) is 56.8 Å². The van der Waals surface area contributed by atoms with Gasteiger partial charge < -0.3 is 9.84 Å². The first-order valence-electron chi connectivity index (χ1n) is 13.4. The van der Waals surface area contributed by atoms with Gasteiger partial charge in [0.25, 0.3) is 0 Å². The number of rotatable bonds is 6. The number of aliphatic hydroxyl groups excluding tert-OH is 1. The van der Waals surface area contributed by atoms with Crippen molar-refractivity contribution in [2.45, 2.75) is 92.6 Å². The Balaban J connectivity index is 1.75. The molecule has 7 atom stereocenters. The van der Waals surface area contributed by atoms with Crippen molar-refractivity contribution < 1.29 is 14.6 Å². The Kier molecular flexibility index (Phi) is 8.38. The van der Waals surface area contributed by atoms with Crippen molar-refractivity contribution in [3.63, 3.8) is 0 Å². The second kappa shape index (κ2) is 10.6. The standard InChI is InChI=1S/C31H48O3/c1-20-18-22(3)23(4)25(19-20)13-12-24-10-9-17-31(7)26(14-15-27(24)31)21(2)11-16-28(32)30(5,6)29(33)34-8/h11-13,16,20-22,26-28,32H,4,9-10,14-15,17-19H2,1-3,5-8H3/b16-11+,24-12+,25-13-/t20-,21+,22-,26?,27?,28?,31+/m0/s1. The maximum Gasteiger partial charge on any atom is 0.314 e. The molecule has 1 N–H and O–H groups in total. The van der Waals surface area contributed by atoms with E-state index in [1.807, 2.05) is 6.08 Å². The quantitative estimate of drug-likeness (QED) is 0.326. The maximum absolute atomic E-state index is 12.1. The number of ether oxygens (including phenoxy) is 1. The van der Waals surface area contributed by atoms with Crippen LogP contribution in [0.4, 0.5) is 0 Å². The number of allylic oxidation sites excluding steroid dienone is 6. The molecular weight excluding hydrogens is 420 g/mol. The molecule has 3 heteroatoms.